The molecule has 1 aliphatic rings. The van der Waals surface area contributed by atoms with E-state index < -0.39 is 23.7 Å². The number of rotatable bonds is 6. The van der Waals surface area contributed by atoms with E-state index in [1.807, 2.05) is 11.0 Å². The molecule has 1 saturated heterocycles. The Bertz CT molecular complexity index is 1790. The van der Waals surface area contributed by atoms with Crippen molar-refractivity contribution in [3.63, 3.8) is 0 Å². The maximum absolute atomic E-state index is 13.6. The number of halogens is 3. The molecular weight excluding hydrogens is 553 g/mol. The topological polar surface area (TPSA) is 151 Å². The van der Waals surface area contributed by atoms with E-state index in [9.17, 15) is 22.8 Å². The fourth-order valence-electron chi connectivity index (χ4n) is 5.17. The number of H-pyrrole nitrogens is 2. The molecule has 3 aromatic carbocycles. The summed E-state index contributed by atoms with van der Waals surface area (Å²) in [5.74, 6) is -0.323. The van der Waals surface area contributed by atoms with Gasteiger partial charge in [0.25, 0.3) is 5.91 Å². The highest BCUT2D eigenvalue weighted by Crippen LogP contribution is 2.36. The molecule has 2 amide bonds. The van der Waals surface area contributed by atoms with Crippen LogP contribution in [-0.4, -0.2) is 56.4 Å². The fourth-order valence-corrected chi connectivity index (χ4v) is 5.17. The summed E-state index contributed by atoms with van der Waals surface area (Å²) in [5, 5.41) is 25.0. The number of nitrogens with zero attached hydrogens (tertiary/aromatic N) is 3. The molecule has 11 nitrogen and oxygen atoms in total. The molecular formula is C28H25F3N8O3. The van der Waals surface area contributed by atoms with Gasteiger partial charge in [0.2, 0.25) is 5.95 Å². The molecule has 6 N–H and O–H groups in total. The number of anilines is 4. The number of piperidine rings is 1. The Morgan fingerprint density at radius 2 is 1.81 bits per heavy atom. The Hall–Kier alpha value is -5.27. The highest BCUT2D eigenvalue weighted by molar-refractivity contribution is 6.11. The third-order valence-electron chi connectivity index (χ3n) is 7.19. The largest absolute Gasteiger partial charge is 0.465 e. The van der Waals surface area contributed by atoms with Crippen LogP contribution in [0, 0.1) is 0 Å². The minimum Gasteiger partial charge on any atom is -0.465 e. The van der Waals surface area contributed by atoms with E-state index in [2.05, 4.69) is 36.1 Å². The number of alkyl halides is 3. The zero-order valence-corrected chi connectivity index (χ0v) is 21.9. The predicted octanol–water partition coefficient (Wildman–Crippen LogP) is 5.69. The molecule has 0 radical (unpaired) electrons. The predicted molar refractivity (Wildman–Crippen MR) is 151 cm³/mol. The van der Waals surface area contributed by atoms with Gasteiger partial charge in [0.15, 0.2) is 0 Å². The van der Waals surface area contributed by atoms with Crippen molar-refractivity contribution >= 4 is 56.9 Å². The molecule has 14 heteroatoms. The number of carboxylic acid groups (broad SMARTS) is 1. The van der Waals surface area contributed by atoms with E-state index in [0.29, 0.717) is 53.9 Å². The van der Waals surface area contributed by atoms with Crippen molar-refractivity contribution in [1.29, 1.82) is 0 Å². The first kappa shape index (κ1) is 26.9. The number of para-hydroxylation sites is 1. The van der Waals surface area contributed by atoms with E-state index in [4.69, 9.17) is 5.11 Å². The van der Waals surface area contributed by atoms with E-state index in [0.717, 1.165) is 17.0 Å². The third kappa shape index (κ3) is 5.50. The molecule has 0 atom stereocenters. The van der Waals surface area contributed by atoms with E-state index in [-0.39, 0.29) is 17.7 Å². The number of aromatic nitrogens is 4. The summed E-state index contributed by atoms with van der Waals surface area (Å²) in [4.78, 5) is 34.2. The van der Waals surface area contributed by atoms with Crippen LogP contribution in [-0.2, 0) is 6.18 Å². The van der Waals surface area contributed by atoms with Crippen LogP contribution in [0.25, 0.3) is 21.9 Å². The van der Waals surface area contributed by atoms with Gasteiger partial charge in [-0.1, -0.05) is 12.1 Å². The highest BCUT2D eigenvalue weighted by Gasteiger charge is 2.33. The summed E-state index contributed by atoms with van der Waals surface area (Å²) in [6, 6.07) is 13.5. The van der Waals surface area contributed by atoms with E-state index in [1.54, 1.807) is 30.5 Å². The van der Waals surface area contributed by atoms with Crippen molar-refractivity contribution in [3.8, 4) is 0 Å². The number of carbonyl (C=O) groups excluding carboxylic acids is 1. The number of fused-ring (bicyclic) bond motifs is 2. The summed E-state index contributed by atoms with van der Waals surface area (Å²) in [6.07, 6.45) is -2.91. The molecule has 42 heavy (non-hydrogen) atoms. The molecule has 0 unspecified atom stereocenters. The van der Waals surface area contributed by atoms with Crippen molar-refractivity contribution in [1.82, 2.24) is 25.5 Å². The lowest BCUT2D eigenvalue weighted by molar-refractivity contribution is -0.136. The van der Waals surface area contributed by atoms with E-state index in [1.165, 1.54) is 18.2 Å². The summed E-state index contributed by atoms with van der Waals surface area (Å²) in [5.41, 5.74) is 2.08. The first-order valence-corrected chi connectivity index (χ1v) is 13.1. The number of hydrogen-bond donors (Lipinski definition) is 6. The quantitative estimate of drug-likeness (QED) is 0.151. The van der Waals surface area contributed by atoms with Crippen LogP contribution in [0.4, 0.5) is 41.0 Å². The number of hydrogen-bond acceptors (Lipinski definition) is 6. The normalized spacial score (nSPS) is 14.3. The van der Waals surface area contributed by atoms with Gasteiger partial charge >= 0.3 is 12.3 Å². The lowest BCUT2D eigenvalue weighted by Crippen LogP contribution is -2.44. The van der Waals surface area contributed by atoms with Crippen molar-refractivity contribution in [3.05, 3.63) is 71.9 Å². The number of nitrogens with one attached hydrogen (secondary N) is 5. The molecule has 5 aromatic rings. The number of imidazole rings is 1. The van der Waals surface area contributed by atoms with Crippen LogP contribution in [0.2, 0.25) is 0 Å². The van der Waals surface area contributed by atoms with Crippen LogP contribution in [0.15, 0.2) is 60.8 Å². The van der Waals surface area contributed by atoms with Gasteiger partial charge in [0.05, 0.1) is 45.2 Å². The molecule has 0 bridgehead atoms. The maximum atomic E-state index is 13.6. The van der Waals surface area contributed by atoms with Crippen LogP contribution in [0.3, 0.4) is 0 Å². The SMILES string of the molecule is O=C(O)NC1CCN(c2cc3[nH]c(Nc4ccccc4C(F)(F)F)nc3cc2C(=O)Nc2ccc3cn[nH]c3c2)CC1. The number of carbonyl (C=O) groups is 2. The van der Waals surface area contributed by atoms with Crippen molar-refractivity contribution in [2.45, 2.75) is 25.1 Å². The maximum Gasteiger partial charge on any atom is 0.418 e. The Kier molecular flexibility index (Phi) is 6.80. The summed E-state index contributed by atoms with van der Waals surface area (Å²) >= 11 is 0. The molecule has 2 aromatic heterocycles. The second-order valence-corrected chi connectivity index (χ2v) is 9.98. The second kappa shape index (κ2) is 10.6. The van der Waals surface area contributed by atoms with Gasteiger partial charge in [-0.05, 0) is 55.3 Å². The van der Waals surface area contributed by atoms with Crippen LogP contribution in [0.5, 0.6) is 0 Å². The van der Waals surface area contributed by atoms with E-state index >= 15 is 0 Å². The highest BCUT2D eigenvalue weighted by atomic mass is 19.4. The lowest BCUT2D eigenvalue weighted by atomic mass is 10.0. The molecule has 0 saturated carbocycles. The molecule has 1 fully saturated rings. The van der Waals surface area contributed by atoms with Gasteiger partial charge in [0.1, 0.15) is 0 Å². The van der Waals surface area contributed by atoms with Crippen molar-refractivity contribution < 1.29 is 27.9 Å². The molecule has 0 aliphatic carbocycles. The first-order chi connectivity index (χ1) is 20.1. The van der Waals surface area contributed by atoms with Gasteiger partial charge in [0, 0.05) is 30.2 Å². The number of amides is 2. The minimum absolute atomic E-state index is 0.0827. The zero-order valence-electron chi connectivity index (χ0n) is 21.9. The second-order valence-electron chi connectivity index (χ2n) is 9.98. The van der Waals surface area contributed by atoms with Gasteiger partial charge in [-0.15, -0.1) is 0 Å². The molecule has 3 heterocycles. The average molecular weight is 579 g/mol. The van der Waals surface area contributed by atoms with Crippen LogP contribution >= 0.6 is 0 Å². The van der Waals surface area contributed by atoms with Crippen LogP contribution in [0.1, 0.15) is 28.8 Å². The van der Waals surface area contributed by atoms with Crippen LogP contribution < -0.4 is 20.9 Å². The summed E-state index contributed by atoms with van der Waals surface area (Å²) in [7, 11) is 0. The third-order valence-corrected chi connectivity index (χ3v) is 7.19. The van der Waals surface area contributed by atoms with Crippen molar-refractivity contribution in [2.75, 3.05) is 28.6 Å². The minimum atomic E-state index is -4.56. The van der Waals surface area contributed by atoms with Crippen molar-refractivity contribution in [2.24, 2.45) is 0 Å². The summed E-state index contributed by atoms with van der Waals surface area (Å²) < 4.78 is 40.6. The average Bonchev–Trinajstić information content (AvgIpc) is 3.58. The Morgan fingerprint density at radius 3 is 2.57 bits per heavy atom. The fraction of sp³-hybridized carbons (Fsp3) is 0.214. The smallest absolute Gasteiger partial charge is 0.418 e. The van der Waals surface area contributed by atoms with Gasteiger partial charge in [-0.25, -0.2) is 9.78 Å². The Balaban J connectivity index is 1.34. The summed E-state index contributed by atoms with van der Waals surface area (Å²) in [6.45, 7) is 0.962. The Labute approximate surface area is 236 Å². The monoisotopic (exact) mass is 578 g/mol. The van der Waals surface area contributed by atoms with Gasteiger partial charge < -0.3 is 30.9 Å². The first-order valence-electron chi connectivity index (χ1n) is 13.1. The standard InChI is InChI=1S/C28H25F3N8O3/c29-28(30,31)19-3-1-2-4-20(19)35-26-36-22-12-18(25(40)33-17-6-5-15-14-32-38-21(15)11-17)24(13-23(22)37-26)39-9-7-16(8-10-39)34-27(41)42/h1-6,11-14,16,34H,7-10H2,(H,32,38)(H,33,40)(H,41,42)(H2,35,36,37). The molecule has 1 aliphatic heterocycles. The van der Waals surface area contributed by atoms with Gasteiger partial charge in [-0.3, -0.25) is 9.89 Å². The van der Waals surface area contributed by atoms with Gasteiger partial charge in [-0.2, -0.15) is 18.3 Å². The lowest BCUT2D eigenvalue weighted by Gasteiger charge is -2.34. The number of benzene rings is 3. The molecule has 216 valence electrons. The zero-order chi connectivity index (χ0) is 29.4. The number of aromatic amines is 2. The molecule has 6 rings (SSSR count). The Morgan fingerprint density at radius 1 is 1.02 bits per heavy atom. The molecule has 0 spiro atoms.